The fourth-order valence-electron chi connectivity index (χ4n) is 3.45. The van der Waals surface area contributed by atoms with Crippen LogP contribution in [0.3, 0.4) is 0 Å². The Morgan fingerprint density at radius 2 is 2.30 bits per heavy atom. The highest BCUT2D eigenvalue weighted by Gasteiger charge is 2.26. The summed E-state index contributed by atoms with van der Waals surface area (Å²) in [4.78, 5) is 16.4. The van der Waals surface area contributed by atoms with Crippen molar-refractivity contribution in [3.05, 3.63) is 47.5 Å². The minimum atomic E-state index is -0.183. The standard InChI is InChI=1S/C17H21N5O/c23-17(19-9-13-8-12-4-1-2-6-15(12)13)16-20-11-22(21-16)14-5-3-7-18-10-14/h1-2,4,6,11,13-14,18H,3,5,7-10H2,(H,19,23)/t13-,14+/m1/s1. The number of benzene rings is 1. The lowest BCUT2D eigenvalue weighted by Gasteiger charge is -2.29. The Hall–Kier alpha value is -2.21. The number of amides is 1. The van der Waals surface area contributed by atoms with E-state index in [9.17, 15) is 4.79 Å². The van der Waals surface area contributed by atoms with Gasteiger partial charge in [0.25, 0.3) is 5.91 Å². The molecule has 23 heavy (non-hydrogen) atoms. The fourth-order valence-corrected chi connectivity index (χ4v) is 3.45. The van der Waals surface area contributed by atoms with E-state index in [-0.39, 0.29) is 11.7 Å². The van der Waals surface area contributed by atoms with Crippen molar-refractivity contribution < 1.29 is 4.79 Å². The Bertz CT molecular complexity index is 705. The average molecular weight is 311 g/mol. The lowest BCUT2D eigenvalue weighted by Crippen LogP contribution is -2.34. The molecule has 2 aliphatic rings. The summed E-state index contributed by atoms with van der Waals surface area (Å²) in [5.74, 6) is 0.500. The van der Waals surface area contributed by atoms with Crippen LogP contribution < -0.4 is 10.6 Å². The summed E-state index contributed by atoms with van der Waals surface area (Å²) in [6.45, 7) is 2.60. The first-order chi connectivity index (χ1) is 11.3. The van der Waals surface area contributed by atoms with E-state index in [1.807, 2.05) is 10.7 Å². The van der Waals surface area contributed by atoms with Gasteiger partial charge in [-0.25, -0.2) is 9.67 Å². The van der Waals surface area contributed by atoms with E-state index in [0.717, 1.165) is 32.4 Å². The van der Waals surface area contributed by atoms with Crippen LogP contribution in [0.4, 0.5) is 0 Å². The smallest absolute Gasteiger partial charge is 0.290 e. The number of hydrogen-bond acceptors (Lipinski definition) is 4. The number of carbonyl (C=O) groups excluding carboxylic acids is 1. The van der Waals surface area contributed by atoms with Gasteiger partial charge in [0.2, 0.25) is 5.82 Å². The molecule has 0 bridgehead atoms. The molecule has 6 nitrogen and oxygen atoms in total. The van der Waals surface area contributed by atoms with Crippen molar-refractivity contribution in [2.24, 2.45) is 0 Å². The monoisotopic (exact) mass is 311 g/mol. The highest BCUT2D eigenvalue weighted by atomic mass is 16.2. The lowest BCUT2D eigenvalue weighted by molar-refractivity contribution is 0.0939. The predicted molar refractivity (Wildman–Crippen MR) is 86.4 cm³/mol. The van der Waals surface area contributed by atoms with Crippen LogP contribution in [0.5, 0.6) is 0 Å². The second kappa shape index (κ2) is 6.12. The summed E-state index contributed by atoms with van der Waals surface area (Å²) < 4.78 is 1.82. The van der Waals surface area contributed by atoms with Gasteiger partial charge < -0.3 is 10.6 Å². The van der Waals surface area contributed by atoms with E-state index in [1.54, 1.807) is 6.33 Å². The Morgan fingerprint density at radius 3 is 3.13 bits per heavy atom. The molecular weight excluding hydrogens is 290 g/mol. The van der Waals surface area contributed by atoms with Gasteiger partial charge in [-0.15, -0.1) is 5.10 Å². The SMILES string of the molecule is O=C(NC[C@H]1Cc2ccccc21)c1ncn([C@H]2CCCNC2)n1. The van der Waals surface area contributed by atoms with Gasteiger partial charge in [-0.3, -0.25) is 4.79 Å². The second-order valence-electron chi connectivity index (χ2n) is 6.36. The number of fused-ring (bicyclic) bond motifs is 1. The Labute approximate surface area is 135 Å². The maximum Gasteiger partial charge on any atom is 0.290 e. The molecule has 1 amide bonds. The molecule has 2 N–H and O–H groups in total. The van der Waals surface area contributed by atoms with Crippen molar-refractivity contribution in [1.29, 1.82) is 0 Å². The minimum Gasteiger partial charge on any atom is -0.349 e. The summed E-state index contributed by atoms with van der Waals surface area (Å²) in [7, 11) is 0. The van der Waals surface area contributed by atoms with Crippen molar-refractivity contribution in [1.82, 2.24) is 25.4 Å². The first-order valence-electron chi connectivity index (χ1n) is 8.29. The molecule has 0 radical (unpaired) electrons. The normalized spacial score (nSPS) is 23.0. The highest BCUT2D eigenvalue weighted by Crippen LogP contribution is 2.33. The molecule has 1 fully saturated rings. The van der Waals surface area contributed by atoms with Gasteiger partial charge in [0, 0.05) is 19.0 Å². The molecule has 120 valence electrons. The molecule has 1 aromatic carbocycles. The van der Waals surface area contributed by atoms with E-state index in [2.05, 4.69) is 38.9 Å². The third kappa shape index (κ3) is 2.86. The maximum atomic E-state index is 12.2. The van der Waals surface area contributed by atoms with Crippen LogP contribution in [-0.4, -0.2) is 40.3 Å². The van der Waals surface area contributed by atoms with Crippen molar-refractivity contribution in [3.8, 4) is 0 Å². The molecule has 1 aromatic heterocycles. The van der Waals surface area contributed by atoms with Crippen LogP contribution >= 0.6 is 0 Å². The summed E-state index contributed by atoms with van der Waals surface area (Å²) in [6, 6.07) is 8.70. The van der Waals surface area contributed by atoms with Gasteiger partial charge in [-0.2, -0.15) is 0 Å². The predicted octanol–water partition coefficient (Wildman–Crippen LogP) is 1.27. The average Bonchev–Trinajstić information content (AvgIpc) is 3.06. The van der Waals surface area contributed by atoms with Crippen LogP contribution in [0.25, 0.3) is 0 Å². The first-order valence-corrected chi connectivity index (χ1v) is 8.29. The first kappa shape index (κ1) is 14.4. The Morgan fingerprint density at radius 1 is 1.39 bits per heavy atom. The Balaban J connectivity index is 1.34. The molecule has 1 saturated heterocycles. The van der Waals surface area contributed by atoms with Crippen LogP contribution in [-0.2, 0) is 6.42 Å². The molecule has 6 heteroatoms. The summed E-state index contributed by atoms with van der Waals surface area (Å²) in [5, 5.41) is 10.7. The molecule has 0 unspecified atom stereocenters. The maximum absolute atomic E-state index is 12.2. The van der Waals surface area contributed by atoms with Crippen LogP contribution in [0.1, 0.15) is 46.5 Å². The molecule has 4 rings (SSSR count). The molecule has 1 aliphatic carbocycles. The molecule has 2 atom stereocenters. The quantitative estimate of drug-likeness (QED) is 0.892. The largest absolute Gasteiger partial charge is 0.349 e. The molecule has 1 aliphatic heterocycles. The third-order valence-electron chi connectivity index (χ3n) is 4.83. The van der Waals surface area contributed by atoms with Crippen LogP contribution in [0.2, 0.25) is 0 Å². The van der Waals surface area contributed by atoms with Gasteiger partial charge in [0.05, 0.1) is 6.04 Å². The van der Waals surface area contributed by atoms with Crippen molar-refractivity contribution in [2.45, 2.75) is 31.2 Å². The van der Waals surface area contributed by atoms with E-state index >= 15 is 0 Å². The summed E-state index contributed by atoms with van der Waals surface area (Å²) in [6.07, 6.45) is 4.92. The van der Waals surface area contributed by atoms with E-state index in [0.29, 0.717) is 18.5 Å². The van der Waals surface area contributed by atoms with Crippen LogP contribution in [0.15, 0.2) is 30.6 Å². The van der Waals surface area contributed by atoms with Gasteiger partial charge in [-0.05, 0) is 36.9 Å². The number of hydrogen-bond donors (Lipinski definition) is 2. The van der Waals surface area contributed by atoms with Crippen molar-refractivity contribution >= 4 is 5.91 Å². The van der Waals surface area contributed by atoms with Crippen molar-refractivity contribution in [2.75, 3.05) is 19.6 Å². The number of aromatic nitrogens is 3. The fraction of sp³-hybridized carbons (Fsp3) is 0.471. The minimum absolute atomic E-state index is 0.183. The highest BCUT2D eigenvalue weighted by molar-refractivity contribution is 5.90. The number of piperidine rings is 1. The topological polar surface area (TPSA) is 71.8 Å². The van der Waals surface area contributed by atoms with Gasteiger partial charge in [0.1, 0.15) is 6.33 Å². The zero-order valence-corrected chi connectivity index (χ0v) is 13.0. The number of nitrogens with one attached hydrogen (secondary N) is 2. The third-order valence-corrected chi connectivity index (χ3v) is 4.83. The second-order valence-corrected chi connectivity index (χ2v) is 6.36. The molecule has 2 heterocycles. The van der Waals surface area contributed by atoms with Gasteiger partial charge >= 0.3 is 0 Å². The van der Waals surface area contributed by atoms with E-state index in [4.69, 9.17) is 0 Å². The molecular formula is C17H21N5O. The number of carbonyl (C=O) groups is 1. The van der Waals surface area contributed by atoms with Gasteiger partial charge in [-0.1, -0.05) is 24.3 Å². The van der Waals surface area contributed by atoms with E-state index in [1.165, 1.54) is 11.1 Å². The summed E-state index contributed by atoms with van der Waals surface area (Å²) >= 11 is 0. The number of nitrogens with zero attached hydrogens (tertiary/aromatic N) is 3. The van der Waals surface area contributed by atoms with Crippen molar-refractivity contribution in [3.63, 3.8) is 0 Å². The zero-order valence-electron chi connectivity index (χ0n) is 13.0. The number of rotatable bonds is 4. The molecule has 0 spiro atoms. The van der Waals surface area contributed by atoms with E-state index < -0.39 is 0 Å². The van der Waals surface area contributed by atoms with Gasteiger partial charge in [0.15, 0.2) is 0 Å². The molecule has 0 saturated carbocycles. The lowest BCUT2D eigenvalue weighted by atomic mass is 9.77. The molecule has 2 aromatic rings. The summed E-state index contributed by atoms with van der Waals surface area (Å²) in [5.41, 5.74) is 2.73. The van der Waals surface area contributed by atoms with Crippen LogP contribution in [0, 0.1) is 0 Å². The zero-order chi connectivity index (χ0) is 15.6. The Kier molecular flexibility index (Phi) is 3.83.